The Morgan fingerprint density at radius 2 is 1.36 bits per heavy atom. The van der Waals surface area contributed by atoms with Gasteiger partial charge in [-0.1, -0.05) is 85.3 Å². The Morgan fingerprint density at radius 3 is 2.07 bits per heavy atom. The van der Waals surface area contributed by atoms with Crippen molar-refractivity contribution in [2.45, 2.75) is 26.2 Å². The summed E-state index contributed by atoms with van der Waals surface area (Å²) >= 11 is 5.95. The standard InChI is InChI=1S/C26H22ClF/c1-2-18-3-5-19(6-4-18)7-8-20-9-15-25-22(17-20)12-16-24(26(25)28)21-10-13-23(27)14-11-21/h3-6,9-17H,2,7-8H2,1H3. The third-order valence-corrected chi connectivity index (χ3v) is 5.56. The van der Waals surface area contributed by atoms with Gasteiger partial charge in [0.25, 0.3) is 0 Å². The van der Waals surface area contributed by atoms with Crippen LogP contribution in [-0.4, -0.2) is 0 Å². The van der Waals surface area contributed by atoms with Crippen molar-refractivity contribution in [1.29, 1.82) is 0 Å². The van der Waals surface area contributed by atoms with Crippen molar-refractivity contribution in [3.63, 3.8) is 0 Å². The van der Waals surface area contributed by atoms with Crippen LogP contribution in [0.1, 0.15) is 23.6 Å². The SMILES string of the molecule is CCc1ccc(CCc2ccc3c(F)c(-c4ccc(Cl)cc4)ccc3c2)cc1. The molecule has 0 saturated heterocycles. The number of hydrogen-bond donors (Lipinski definition) is 0. The van der Waals surface area contributed by atoms with Crippen LogP contribution in [0.2, 0.25) is 5.02 Å². The minimum atomic E-state index is -0.179. The van der Waals surface area contributed by atoms with Crippen LogP contribution in [-0.2, 0) is 19.3 Å². The van der Waals surface area contributed by atoms with E-state index in [-0.39, 0.29) is 5.82 Å². The molecule has 4 aromatic carbocycles. The molecule has 0 aromatic heterocycles. The Morgan fingerprint density at radius 1 is 0.714 bits per heavy atom. The van der Waals surface area contributed by atoms with Crippen LogP contribution in [0.25, 0.3) is 21.9 Å². The van der Waals surface area contributed by atoms with Gasteiger partial charge in [0, 0.05) is 16.0 Å². The molecule has 28 heavy (non-hydrogen) atoms. The third-order valence-electron chi connectivity index (χ3n) is 5.31. The molecule has 4 aromatic rings. The molecule has 0 aliphatic heterocycles. The Bertz CT molecular complexity index is 1100. The Balaban J connectivity index is 1.57. The number of rotatable bonds is 5. The van der Waals surface area contributed by atoms with Crippen molar-refractivity contribution in [1.82, 2.24) is 0 Å². The van der Waals surface area contributed by atoms with Crippen molar-refractivity contribution >= 4 is 22.4 Å². The summed E-state index contributed by atoms with van der Waals surface area (Å²) in [6, 6.07) is 26.0. The van der Waals surface area contributed by atoms with Gasteiger partial charge >= 0.3 is 0 Å². The molecule has 0 fully saturated rings. The van der Waals surface area contributed by atoms with Crippen molar-refractivity contribution in [2.75, 3.05) is 0 Å². The van der Waals surface area contributed by atoms with E-state index in [9.17, 15) is 0 Å². The molecule has 0 bridgehead atoms. The van der Waals surface area contributed by atoms with Crippen LogP contribution in [0.4, 0.5) is 4.39 Å². The summed E-state index contributed by atoms with van der Waals surface area (Å²) in [5.41, 5.74) is 5.37. The Kier molecular flexibility index (Phi) is 5.45. The summed E-state index contributed by atoms with van der Waals surface area (Å²) in [6.45, 7) is 2.17. The van der Waals surface area contributed by atoms with Crippen LogP contribution in [0.15, 0.2) is 78.9 Å². The highest BCUT2D eigenvalue weighted by Gasteiger charge is 2.10. The van der Waals surface area contributed by atoms with Gasteiger partial charge in [-0.25, -0.2) is 4.39 Å². The average Bonchev–Trinajstić information content (AvgIpc) is 2.74. The first-order valence-corrected chi connectivity index (χ1v) is 10.1. The van der Waals surface area contributed by atoms with Gasteiger partial charge in [-0.15, -0.1) is 0 Å². The molecular weight excluding hydrogens is 367 g/mol. The average molecular weight is 389 g/mol. The number of hydrogen-bond acceptors (Lipinski definition) is 0. The van der Waals surface area contributed by atoms with Gasteiger partial charge in [-0.2, -0.15) is 0 Å². The first-order chi connectivity index (χ1) is 13.6. The highest BCUT2D eigenvalue weighted by Crippen LogP contribution is 2.30. The summed E-state index contributed by atoms with van der Waals surface area (Å²) < 4.78 is 15.1. The molecule has 2 heteroatoms. The molecule has 4 rings (SSSR count). The van der Waals surface area contributed by atoms with E-state index in [0.29, 0.717) is 16.0 Å². The molecule has 0 atom stereocenters. The molecule has 0 heterocycles. The Hall–Kier alpha value is -2.64. The lowest BCUT2D eigenvalue weighted by Gasteiger charge is -2.09. The lowest BCUT2D eigenvalue weighted by atomic mass is 9.97. The summed E-state index contributed by atoms with van der Waals surface area (Å²) in [7, 11) is 0. The first kappa shape index (κ1) is 18.7. The largest absolute Gasteiger partial charge is 0.206 e. The quantitative estimate of drug-likeness (QED) is 0.329. The zero-order chi connectivity index (χ0) is 19.5. The van der Waals surface area contributed by atoms with E-state index in [4.69, 9.17) is 11.6 Å². The van der Waals surface area contributed by atoms with E-state index in [2.05, 4.69) is 37.3 Å². The predicted octanol–water partition coefficient (Wildman–Crippen LogP) is 7.65. The van der Waals surface area contributed by atoms with Crippen molar-refractivity contribution in [3.8, 4) is 11.1 Å². The number of fused-ring (bicyclic) bond motifs is 1. The normalized spacial score (nSPS) is 11.1. The predicted molar refractivity (Wildman–Crippen MR) is 118 cm³/mol. The lowest BCUT2D eigenvalue weighted by molar-refractivity contribution is 0.643. The maximum absolute atomic E-state index is 15.1. The zero-order valence-corrected chi connectivity index (χ0v) is 16.6. The van der Waals surface area contributed by atoms with Crippen LogP contribution in [0, 0.1) is 5.82 Å². The highest BCUT2D eigenvalue weighted by atomic mass is 35.5. The molecule has 0 unspecified atom stereocenters. The van der Waals surface area contributed by atoms with Gasteiger partial charge in [0.2, 0.25) is 0 Å². The van der Waals surface area contributed by atoms with Gasteiger partial charge in [-0.3, -0.25) is 0 Å². The topological polar surface area (TPSA) is 0 Å². The number of halogens is 2. The van der Waals surface area contributed by atoms with Crippen molar-refractivity contribution < 1.29 is 4.39 Å². The van der Waals surface area contributed by atoms with Crippen LogP contribution in [0.5, 0.6) is 0 Å². The van der Waals surface area contributed by atoms with Gasteiger partial charge in [0.15, 0.2) is 0 Å². The van der Waals surface area contributed by atoms with E-state index in [1.165, 1.54) is 16.7 Å². The molecule has 0 spiro atoms. The fraction of sp³-hybridized carbons (Fsp3) is 0.154. The monoisotopic (exact) mass is 388 g/mol. The Labute approximate surface area is 170 Å². The van der Waals surface area contributed by atoms with E-state index >= 15 is 4.39 Å². The number of aryl methyl sites for hydroxylation is 3. The molecule has 0 nitrogen and oxygen atoms in total. The molecule has 0 aliphatic carbocycles. The van der Waals surface area contributed by atoms with Crippen LogP contribution < -0.4 is 0 Å². The molecule has 0 radical (unpaired) electrons. The van der Waals surface area contributed by atoms with Gasteiger partial charge < -0.3 is 0 Å². The third kappa shape index (κ3) is 3.95. The minimum Gasteiger partial charge on any atom is -0.206 e. The summed E-state index contributed by atoms with van der Waals surface area (Å²) in [6.07, 6.45) is 3.00. The molecule has 0 saturated carbocycles. The lowest BCUT2D eigenvalue weighted by Crippen LogP contribution is -1.93. The van der Waals surface area contributed by atoms with E-state index < -0.39 is 0 Å². The number of benzene rings is 4. The fourth-order valence-corrected chi connectivity index (χ4v) is 3.71. The maximum Gasteiger partial charge on any atom is 0.138 e. The summed E-state index contributed by atoms with van der Waals surface area (Å²) in [5.74, 6) is -0.179. The molecule has 0 aliphatic rings. The van der Waals surface area contributed by atoms with Gasteiger partial charge in [0.05, 0.1) is 0 Å². The summed E-state index contributed by atoms with van der Waals surface area (Å²) in [4.78, 5) is 0. The van der Waals surface area contributed by atoms with Crippen molar-refractivity contribution in [2.24, 2.45) is 0 Å². The molecular formula is C26H22ClF. The van der Waals surface area contributed by atoms with E-state index in [0.717, 1.165) is 30.2 Å². The molecule has 140 valence electrons. The van der Waals surface area contributed by atoms with Gasteiger partial charge in [-0.05, 0) is 59.0 Å². The smallest absolute Gasteiger partial charge is 0.138 e. The minimum absolute atomic E-state index is 0.179. The highest BCUT2D eigenvalue weighted by molar-refractivity contribution is 6.30. The van der Waals surface area contributed by atoms with Crippen molar-refractivity contribution in [3.05, 3.63) is 106 Å². The summed E-state index contributed by atoms with van der Waals surface area (Å²) in [5, 5.41) is 2.25. The van der Waals surface area contributed by atoms with Crippen LogP contribution >= 0.6 is 11.6 Å². The van der Waals surface area contributed by atoms with E-state index in [1.807, 2.05) is 36.4 Å². The second-order valence-electron chi connectivity index (χ2n) is 7.16. The van der Waals surface area contributed by atoms with Crippen LogP contribution in [0.3, 0.4) is 0 Å². The first-order valence-electron chi connectivity index (χ1n) is 9.69. The second kappa shape index (κ2) is 8.16. The zero-order valence-electron chi connectivity index (χ0n) is 15.9. The maximum atomic E-state index is 15.1. The fourth-order valence-electron chi connectivity index (χ4n) is 3.58. The van der Waals surface area contributed by atoms with Gasteiger partial charge in [0.1, 0.15) is 5.82 Å². The molecule has 0 amide bonds. The van der Waals surface area contributed by atoms with E-state index in [1.54, 1.807) is 12.1 Å². The second-order valence-corrected chi connectivity index (χ2v) is 7.60. The molecule has 0 N–H and O–H groups in total.